The van der Waals surface area contributed by atoms with Crippen molar-refractivity contribution in [3.63, 3.8) is 0 Å². The summed E-state index contributed by atoms with van der Waals surface area (Å²) < 4.78 is 0. The SMILES string of the molecule is Nc1ccc2c3ccccc3c3ccccc3c2c1N.[Eu+3]. The Morgan fingerprint density at radius 1 is 0.524 bits per heavy atom. The van der Waals surface area contributed by atoms with E-state index >= 15 is 0 Å². The summed E-state index contributed by atoms with van der Waals surface area (Å²) in [6, 6.07) is 20.7. The molecule has 0 aliphatic rings. The van der Waals surface area contributed by atoms with Crippen LogP contribution in [0.15, 0.2) is 60.7 Å². The van der Waals surface area contributed by atoms with Gasteiger partial charge in [-0.15, -0.1) is 0 Å². The van der Waals surface area contributed by atoms with Crippen LogP contribution in [-0.2, 0) is 0 Å². The van der Waals surface area contributed by atoms with Gasteiger partial charge in [-0.25, -0.2) is 0 Å². The number of nitrogen functional groups attached to an aromatic ring is 2. The zero-order chi connectivity index (χ0) is 13.7. The number of hydrogen-bond donors (Lipinski definition) is 2. The third kappa shape index (κ3) is 2.15. The molecule has 100 valence electrons. The molecule has 4 aromatic rings. The van der Waals surface area contributed by atoms with Gasteiger partial charge >= 0.3 is 49.4 Å². The van der Waals surface area contributed by atoms with Gasteiger partial charge < -0.3 is 11.5 Å². The van der Waals surface area contributed by atoms with E-state index in [1.807, 2.05) is 12.1 Å². The van der Waals surface area contributed by atoms with E-state index in [9.17, 15) is 0 Å². The summed E-state index contributed by atoms with van der Waals surface area (Å²) in [6.07, 6.45) is 0. The van der Waals surface area contributed by atoms with Gasteiger partial charge in [0, 0.05) is 5.39 Å². The van der Waals surface area contributed by atoms with Crippen molar-refractivity contribution in [2.45, 2.75) is 0 Å². The predicted octanol–water partition coefficient (Wildman–Crippen LogP) is 4.31. The van der Waals surface area contributed by atoms with Crippen molar-refractivity contribution in [1.82, 2.24) is 0 Å². The summed E-state index contributed by atoms with van der Waals surface area (Å²) in [4.78, 5) is 0. The molecule has 0 bridgehead atoms. The molecule has 3 heteroatoms. The van der Waals surface area contributed by atoms with Crippen LogP contribution in [0.5, 0.6) is 0 Å². The van der Waals surface area contributed by atoms with Gasteiger partial charge in [-0.05, 0) is 33.0 Å². The summed E-state index contributed by atoms with van der Waals surface area (Å²) in [5.41, 5.74) is 13.6. The quantitative estimate of drug-likeness (QED) is 0.335. The Balaban J connectivity index is 0.00000132. The Morgan fingerprint density at radius 2 is 0.952 bits per heavy atom. The molecule has 0 fully saturated rings. The Hall–Kier alpha value is -1.16. The zero-order valence-corrected chi connectivity index (χ0v) is 13.7. The molecule has 4 rings (SSSR count). The molecule has 0 spiro atoms. The molecule has 0 atom stereocenters. The summed E-state index contributed by atoms with van der Waals surface area (Å²) in [5, 5.41) is 7.05. The first-order valence-corrected chi connectivity index (χ1v) is 6.64. The molecule has 0 aliphatic heterocycles. The molecule has 21 heavy (non-hydrogen) atoms. The summed E-state index contributed by atoms with van der Waals surface area (Å²) in [7, 11) is 0. The summed E-state index contributed by atoms with van der Waals surface area (Å²) >= 11 is 0. The standard InChI is InChI=1S/C18H14N2.Eu/c19-16-10-9-15-13-7-2-1-5-11(13)12-6-3-4-8-14(12)17(15)18(16)20;/h1-10H,19-20H2;/q;+3. The first-order valence-electron chi connectivity index (χ1n) is 6.64. The Kier molecular flexibility index (Phi) is 3.91. The number of rotatable bonds is 0. The van der Waals surface area contributed by atoms with E-state index in [0.29, 0.717) is 11.4 Å². The van der Waals surface area contributed by atoms with Crippen LogP contribution in [0.2, 0.25) is 0 Å². The molecule has 0 saturated carbocycles. The fraction of sp³-hybridized carbons (Fsp3) is 0. The topological polar surface area (TPSA) is 52.0 Å². The van der Waals surface area contributed by atoms with E-state index < -0.39 is 0 Å². The van der Waals surface area contributed by atoms with Crippen LogP contribution in [0.25, 0.3) is 32.3 Å². The van der Waals surface area contributed by atoms with Gasteiger partial charge in [-0.2, -0.15) is 0 Å². The van der Waals surface area contributed by atoms with Gasteiger partial charge in [0.1, 0.15) is 0 Å². The van der Waals surface area contributed by atoms with Crippen molar-refractivity contribution in [3.05, 3.63) is 60.7 Å². The largest absolute Gasteiger partial charge is 3.00 e. The molecule has 0 aliphatic carbocycles. The van der Waals surface area contributed by atoms with Crippen LogP contribution in [-0.4, -0.2) is 0 Å². The van der Waals surface area contributed by atoms with Crippen molar-refractivity contribution in [1.29, 1.82) is 0 Å². The van der Waals surface area contributed by atoms with E-state index in [-0.39, 0.29) is 49.4 Å². The third-order valence-corrected chi connectivity index (χ3v) is 3.98. The van der Waals surface area contributed by atoms with Crippen molar-refractivity contribution < 1.29 is 49.4 Å². The first kappa shape index (κ1) is 14.8. The average molecular weight is 410 g/mol. The van der Waals surface area contributed by atoms with E-state index in [4.69, 9.17) is 11.5 Å². The van der Waals surface area contributed by atoms with Crippen molar-refractivity contribution in [3.8, 4) is 0 Å². The predicted molar refractivity (Wildman–Crippen MR) is 87.8 cm³/mol. The van der Waals surface area contributed by atoms with Crippen LogP contribution < -0.4 is 11.5 Å². The molecule has 0 aromatic heterocycles. The summed E-state index contributed by atoms with van der Waals surface area (Å²) in [6.45, 7) is 0. The molecule has 4 aromatic carbocycles. The van der Waals surface area contributed by atoms with Crippen molar-refractivity contribution in [2.75, 3.05) is 11.5 Å². The molecular weight excluding hydrogens is 396 g/mol. The fourth-order valence-corrected chi connectivity index (χ4v) is 3.04. The number of nitrogens with two attached hydrogens (primary N) is 2. The van der Waals surface area contributed by atoms with Crippen LogP contribution in [0.4, 0.5) is 11.4 Å². The molecule has 0 amide bonds. The fourth-order valence-electron chi connectivity index (χ4n) is 3.04. The maximum atomic E-state index is 6.25. The Morgan fingerprint density at radius 3 is 1.52 bits per heavy atom. The molecule has 0 saturated heterocycles. The maximum Gasteiger partial charge on any atom is 3.00 e. The third-order valence-electron chi connectivity index (χ3n) is 3.98. The molecule has 0 heterocycles. The minimum Gasteiger partial charge on any atom is -0.397 e. The number of hydrogen-bond acceptors (Lipinski definition) is 2. The van der Waals surface area contributed by atoms with Gasteiger partial charge in [0.05, 0.1) is 11.4 Å². The second-order valence-corrected chi connectivity index (χ2v) is 5.08. The zero-order valence-electron chi connectivity index (χ0n) is 11.3. The van der Waals surface area contributed by atoms with Gasteiger partial charge in [0.25, 0.3) is 0 Å². The second-order valence-electron chi connectivity index (χ2n) is 5.08. The number of anilines is 2. The number of benzene rings is 4. The average Bonchev–Trinajstić information content (AvgIpc) is 2.50. The van der Waals surface area contributed by atoms with E-state index in [0.717, 1.165) is 16.2 Å². The van der Waals surface area contributed by atoms with E-state index in [1.165, 1.54) is 16.2 Å². The van der Waals surface area contributed by atoms with E-state index in [1.54, 1.807) is 0 Å². The van der Waals surface area contributed by atoms with Crippen LogP contribution >= 0.6 is 0 Å². The molecular formula is C18H14EuN2+3. The Labute approximate surface area is 163 Å². The number of fused-ring (bicyclic) bond motifs is 6. The second kappa shape index (κ2) is 5.56. The van der Waals surface area contributed by atoms with Gasteiger partial charge in [0.2, 0.25) is 0 Å². The maximum absolute atomic E-state index is 6.25. The van der Waals surface area contributed by atoms with Crippen molar-refractivity contribution in [2.24, 2.45) is 0 Å². The monoisotopic (exact) mass is 411 g/mol. The molecule has 2 nitrogen and oxygen atoms in total. The van der Waals surface area contributed by atoms with Crippen LogP contribution in [0.3, 0.4) is 0 Å². The van der Waals surface area contributed by atoms with Gasteiger partial charge in [-0.3, -0.25) is 0 Å². The van der Waals surface area contributed by atoms with Crippen LogP contribution in [0, 0.1) is 49.4 Å². The van der Waals surface area contributed by atoms with Gasteiger partial charge in [-0.1, -0.05) is 54.6 Å². The van der Waals surface area contributed by atoms with Crippen molar-refractivity contribution >= 4 is 43.7 Å². The smallest absolute Gasteiger partial charge is 0.397 e. The molecule has 0 unspecified atom stereocenters. The van der Waals surface area contributed by atoms with Crippen LogP contribution in [0.1, 0.15) is 0 Å². The molecule has 4 N–H and O–H groups in total. The minimum absolute atomic E-state index is 0. The molecule has 0 radical (unpaired) electrons. The normalized spacial score (nSPS) is 10.9. The summed E-state index contributed by atoms with van der Waals surface area (Å²) in [5.74, 6) is 0. The van der Waals surface area contributed by atoms with Gasteiger partial charge in [0.15, 0.2) is 0 Å². The minimum atomic E-state index is 0. The van der Waals surface area contributed by atoms with E-state index in [2.05, 4.69) is 48.5 Å². The first-order chi connectivity index (χ1) is 9.77. The Bertz CT molecular complexity index is 941.